The number of nitriles is 1. The fraction of sp³-hybridized carbons (Fsp3) is 0. The van der Waals surface area contributed by atoms with Crippen molar-refractivity contribution in [1.29, 1.82) is 5.26 Å². The van der Waals surface area contributed by atoms with Gasteiger partial charge in [-0.2, -0.15) is 4.99 Å². The third kappa shape index (κ3) is 3.75. The second kappa shape index (κ2) is 7.44. The summed E-state index contributed by atoms with van der Waals surface area (Å²) >= 11 is 12.0. The molecule has 0 spiro atoms. The quantitative estimate of drug-likeness (QED) is 0.463. The second-order valence-electron chi connectivity index (χ2n) is 4.10. The Hall–Kier alpha value is -2.57. The first-order valence-electron chi connectivity index (χ1n) is 6.05. The molecule has 0 fully saturated rings. The van der Waals surface area contributed by atoms with Crippen LogP contribution in [0.5, 0.6) is 5.75 Å². The molecule has 0 saturated carbocycles. The molecule has 0 aromatic heterocycles. The van der Waals surface area contributed by atoms with E-state index in [4.69, 9.17) is 33.2 Å². The molecule has 0 saturated heterocycles. The summed E-state index contributed by atoms with van der Waals surface area (Å²) in [6.07, 6.45) is 3.08. The molecular formula is C16H8Cl2N2O2. The molecule has 0 aliphatic rings. The van der Waals surface area contributed by atoms with Crippen LogP contribution in [-0.4, -0.2) is 6.08 Å². The highest BCUT2D eigenvalue weighted by Crippen LogP contribution is 2.32. The highest BCUT2D eigenvalue weighted by Gasteiger charge is 2.10. The first-order valence-corrected chi connectivity index (χ1v) is 6.81. The number of hydrogen-bond donors (Lipinski definition) is 0. The second-order valence-corrected chi connectivity index (χ2v) is 5.05. The SMILES string of the molecule is N#COc1ccc(C(=C(Cl)Cl)c2ccc(N=C=O)cc2)cc1. The zero-order valence-electron chi connectivity index (χ0n) is 11.1. The predicted octanol–water partition coefficient (Wildman–Crippen LogP) is 4.71. The van der Waals surface area contributed by atoms with Gasteiger partial charge in [0.05, 0.1) is 5.69 Å². The number of isocyanates is 1. The summed E-state index contributed by atoms with van der Waals surface area (Å²) in [5.74, 6) is 0.423. The predicted molar refractivity (Wildman–Crippen MR) is 84.6 cm³/mol. The first kappa shape index (κ1) is 15.8. The number of rotatable bonds is 4. The van der Waals surface area contributed by atoms with Crippen molar-refractivity contribution >= 4 is 40.5 Å². The number of benzene rings is 2. The lowest BCUT2D eigenvalue weighted by Crippen LogP contribution is -1.90. The molecule has 22 heavy (non-hydrogen) atoms. The normalized spacial score (nSPS) is 9.32. The fourth-order valence-corrected chi connectivity index (χ4v) is 2.32. The van der Waals surface area contributed by atoms with E-state index in [0.29, 0.717) is 17.0 Å². The van der Waals surface area contributed by atoms with Gasteiger partial charge in [-0.15, -0.1) is 5.26 Å². The van der Waals surface area contributed by atoms with Crippen LogP contribution in [0.3, 0.4) is 0 Å². The lowest BCUT2D eigenvalue weighted by atomic mass is 9.99. The maximum absolute atomic E-state index is 10.2. The van der Waals surface area contributed by atoms with Crippen LogP contribution >= 0.6 is 23.2 Å². The number of ether oxygens (including phenoxy) is 1. The minimum Gasteiger partial charge on any atom is -0.388 e. The lowest BCUT2D eigenvalue weighted by molar-refractivity contribution is 0.507. The van der Waals surface area contributed by atoms with Crippen LogP contribution in [0.4, 0.5) is 5.69 Å². The zero-order valence-corrected chi connectivity index (χ0v) is 12.6. The largest absolute Gasteiger partial charge is 0.388 e. The van der Waals surface area contributed by atoms with Crippen LogP contribution in [0, 0.1) is 11.5 Å². The highest BCUT2D eigenvalue weighted by atomic mass is 35.5. The topological polar surface area (TPSA) is 62.4 Å². The van der Waals surface area contributed by atoms with Crippen molar-refractivity contribution in [2.24, 2.45) is 4.99 Å². The first-order chi connectivity index (χ1) is 10.7. The number of aliphatic imine (C=N–C) groups is 1. The average Bonchev–Trinajstić information content (AvgIpc) is 2.51. The van der Waals surface area contributed by atoms with Crippen molar-refractivity contribution in [3.63, 3.8) is 0 Å². The van der Waals surface area contributed by atoms with Gasteiger partial charge in [0.25, 0.3) is 6.26 Å². The summed E-state index contributed by atoms with van der Waals surface area (Å²) in [7, 11) is 0. The molecule has 0 aliphatic carbocycles. The summed E-state index contributed by atoms with van der Waals surface area (Å²) in [6.45, 7) is 0. The van der Waals surface area contributed by atoms with Crippen molar-refractivity contribution in [3.05, 3.63) is 64.1 Å². The number of carbonyl (C=O) groups excluding carboxylic acids is 1. The maximum atomic E-state index is 10.2. The van der Waals surface area contributed by atoms with Gasteiger partial charge in [0.1, 0.15) is 10.2 Å². The molecule has 0 atom stereocenters. The average molecular weight is 331 g/mol. The molecule has 2 rings (SSSR count). The molecule has 0 bridgehead atoms. The van der Waals surface area contributed by atoms with Crippen molar-refractivity contribution in [2.45, 2.75) is 0 Å². The van der Waals surface area contributed by atoms with Crippen molar-refractivity contribution < 1.29 is 9.53 Å². The van der Waals surface area contributed by atoms with Crippen molar-refractivity contribution in [3.8, 4) is 12.0 Å². The molecule has 0 heterocycles. The molecule has 4 nitrogen and oxygen atoms in total. The Balaban J connectivity index is 2.41. The molecule has 0 amide bonds. The van der Waals surface area contributed by atoms with Crippen LogP contribution in [0.2, 0.25) is 0 Å². The van der Waals surface area contributed by atoms with E-state index in [0.717, 1.165) is 11.1 Å². The van der Waals surface area contributed by atoms with Gasteiger partial charge in [-0.25, -0.2) is 4.79 Å². The van der Waals surface area contributed by atoms with Crippen LogP contribution in [0.1, 0.15) is 11.1 Å². The van der Waals surface area contributed by atoms with Gasteiger partial charge in [0.15, 0.2) is 0 Å². The van der Waals surface area contributed by atoms with Gasteiger partial charge in [0, 0.05) is 5.57 Å². The van der Waals surface area contributed by atoms with E-state index in [1.807, 2.05) is 0 Å². The van der Waals surface area contributed by atoms with Crippen LogP contribution in [0.25, 0.3) is 5.57 Å². The molecule has 0 aliphatic heterocycles. The molecule has 6 heteroatoms. The minimum atomic E-state index is 0.0978. The van der Waals surface area contributed by atoms with Gasteiger partial charge in [-0.3, -0.25) is 0 Å². The Morgan fingerprint density at radius 3 is 2.00 bits per heavy atom. The van der Waals surface area contributed by atoms with Gasteiger partial charge in [-0.1, -0.05) is 47.5 Å². The summed E-state index contributed by atoms with van der Waals surface area (Å²) < 4.78 is 4.82. The maximum Gasteiger partial charge on any atom is 0.292 e. The highest BCUT2D eigenvalue weighted by molar-refractivity contribution is 6.59. The summed E-state index contributed by atoms with van der Waals surface area (Å²) in [4.78, 5) is 13.8. The fourth-order valence-electron chi connectivity index (χ4n) is 1.88. The molecule has 2 aromatic rings. The van der Waals surface area contributed by atoms with E-state index in [1.54, 1.807) is 54.8 Å². The number of hydrogen-bond acceptors (Lipinski definition) is 4. The van der Waals surface area contributed by atoms with Gasteiger partial charge in [0.2, 0.25) is 6.08 Å². The smallest absolute Gasteiger partial charge is 0.292 e. The van der Waals surface area contributed by atoms with E-state index < -0.39 is 0 Å². The van der Waals surface area contributed by atoms with Crippen LogP contribution < -0.4 is 4.74 Å². The Labute approximate surface area is 136 Å². The minimum absolute atomic E-state index is 0.0978. The van der Waals surface area contributed by atoms with E-state index in [-0.39, 0.29) is 4.49 Å². The van der Waals surface area contributed by atoms with Crippen LogP contribution in [-0.2, 0) is 4.79 Å². The lowest BCUT2D eigenvalue weighted by Gasteiger charge is -2.09. The van der Waals surface area contributed by atoms with E-state index in [1.165, 1.54) is 6.08 Å². The van der Waals surface area contributed by atoms with Gasteiger partial charge in [-0.05, 0) is 35.4 Å². The molecule has 108 valence electrons. The summed E-state index contributed by atoms with van der Waals surface area (Å²) in [5, 5.41) is 8.47. The van der Waals surface area contributed by atoms with Gasteiger partial charge >= 0.3 is 0 Å². The summed E-state index contributed by atoms with van der Waals surface area (Å²) in [5.41, 5.74) is 2.63. The van der Waals surface area contributed by atoms with E-state index >= 15 is 0 Å². The van der Waals surface area contributed by atoms with E-state index in [9.17, 15) is 4.79 Å². The van der Waals surface area contributed by atoms with E-state index in [2.05, 4.69) is 4.99 Å². The standard InChI is InChI=1S/C16H8Cl2N2O2/c17-16(18)15(11-1-5-13(6-2-11)20-10-21)12-3-7-14(8-4-12)22-9-19/h1-8H. The van der Waals surface area contributed by atoms with Crippen molar-refractivity contribution in [2.75, 3.05) is 0 Å². The molecule has 2 aromatic carbocycles. The molecule has 0 N–H and O–H groups in total. The molecular weight excluding hydrogens is 323 g/mol. The number of nitrogens with zero attached hydrogens (tertiary/aromatic N) is 2. The Kier molecular flexibility index (Phi) is 5.35. The third-order valence-electron chi connectivity index (χ3n) is 2.83. The third-order valence-corrected chi connectivity index (χ3v) is 3.20. The van der Waals surface area contributed by atoms with Crippen molar-refractivity contribution in [1.82, 2.24) is 0 Å². The summed E-state index contributed by atoms with van der Waals surface area (Å²) in [6, 6.07) is 13.6. The zero-order chi connectivity index (χ0) is 15.9. The monoisotopic (exact) mass is 330 g/mol. The van der Waals surface area contributed by atoms with Gasteiger partial charge < -0.3 is 4.74 Å². The van der Waals surface area contributed by atoms with Crippen LogP contribution in [0.15, 0.2) is 58.0 Å². The molecule has 0 radical (unpaired) electrons. The Morgan fingerprint density at radius 1 is 1.00 bits per heavy atom. The molecule has 0 unspecified atom stereocenters. The Morgan fingerprint density at radius 2 is 1.55 bits per heavy atom. The number of halogens is 2. The Bertz CT molecular complexity index is 780.